The molecule has 2 nitrogen and oxygen atoms in total. The van der Waals surface area contributed by atoms with Crippen LogP contribution in [0.4, 0.5) is 0 Å². The van der Waals surface area contributed by atoms with Gasteiger partial charge >= 0.3 is 0 Å². The smallest absolute Gasteiger partial charge is 0.0622 e. The zero-order chi connectivity index (χ0) is 11.3. The van der Waals surface area contributed by atoms with Crippen LogP contribution in [0.2, 0.25) is 0 Å². The Hall–Kier alpha value is -0.790. The Labute approximate surface area is 93.7 Å². The Morgan fingerprint density at radius 1 is 1.13 bits per heavy atom. The van der Waals surface area contributed by atoms with Crippen molar-refractivity contribution < 1.29 is 0 Å². The highest BCUT2D eigenvalue weighted by Crippen LogP contribution is 2.27. The first-order valence-corrected chi connectivity index (χ1v) is 6.30. The molecule has 1 saturated carbocycles. The molecule has 0 radical (unpaired) electrons. The lowest BCUT2D eigenvalue weighted by molar-refractivity contribution is 0.328. The zero-order valence-corrected chi connectivity index (χ0v) is 10.6. The maximum atomic E-state index is 4.55. The first kappa shape index (κ1) is 12.3. The number of aryl methyl sites for hydroxylation is 2. The summed E-state index contributed by atoms with van der Waals surface area (Å²) in [6, 6.07) is 0.682. The predicted molar refractivity (Wildman–Crippen MR) is 65.2 cm³/mol. The fourth-order valence-corrected chi connectivity index (χ4v) is 2.11. The van der Waals surface area contributed by atoms with E-state index in [0.717, 1.165) is 0 Å². The molecular weight excluding hydrogens is 184 g/mol. The Morgan fingerprint density at radius 2 is 1.73 bits per heavy atom. The third kappa shape index (κ3) is 3.08. The van der Waals surface area contributed by atoms with Gasteiger partial charge in [-0.1, -0.05) is 33.1 Å². The molecule has 86 valence electrons. The Morgan fingerprint density at radius 3 is 2.20 bits per heavy atom. The molecule has 1 aromatic heterocycles. The average molecular weight is 208 g/mol. The van der Waals surface area contributed by atoms with Crippen LogP contribution >= 0.6 is 0 Å². The predicted octanol–water partition coefficient (Wildman–Crippen LogP) is 4.03. The summed E-state index contributed by atoms with van der Waals surface area (Å²) >= 11 is 0. The largest absolute Gasteiger partial charge is 0.269 e. The molecule has 0 aliphatic heterocycles. The third-order valence-electron chi connectivity index (χ3n) is 3.11. The number of hydrogen-bond donors (Lipinski definition) is 0. The van der Waals surface area contributed by atoms with Crippen LogP contribution in [-0.2, 0) is 0 Å². The lowest BCUT2D eigenvalue weighted by Gasteiger charge is -2.21. The van der Waals surface area contributed by atoms with Crippen LogP contribution in [0.5, 0.6) is 0 Å². The first-order chi connectivity index (χ1) is 7.27. The molecule has 1 fully saturated rings. The van der Waals surface area contributed by atoms with Gasteiger partial charge in [0, 0.05) is 6.20 Å². The molecule has 1 aliphatic carbocycles. The van der Waals surface area contributed by atoms with Gasteiger partial charge in [0.1, 0.15) is 0 Å². The molecule has 0 amide bonds. The van der Waals surface area contributed by atoms with Crippen molar-refractivity contribution in [3.8, 4) is 0 Å². The van der Waals surface area contributed by atoms with Crippen molar-refractivity contribution in [3.05, 3.63) is 17.5 Å². The highest BCUT2D eigenvalue weighted by atomic mass is 15.3. The molecule has 1 aliphatic rings. The summed E-state index contributed by atoms with van der Waals surface area (Å²) in [6.07, 6.45) is 9.01. The summed E-state index contributed by atoms with van der Waals surface area (Å²) in [5.41, 5.74) is 2.51. The van der Waals surface area contributed by atoms with E-state index in [-0.39, 0.29) is 0 Å². The first-order valence-electron chi connectivity index (χ1n) is 6.30. The zero-order valence-electron chi connectivity index (χ0n) is 10.6. The number of aromatic nitrogens is 2. The van der Waals surface area contributed by atoms with E-state index >= 15 is 0 Å². The van der Waals surface area contributed by atoms with Crippen LogP contribution in [0.3, 0.4) is 0 Å². The fraction of sp³-hybridized carbons (Fsp3) is 0.769. The van der Waals surface area contributed by atoms with Crippen LogP contribution in [0.25, 0.3) is 0 Å². The Bertz CT molecular complexity index is 263. The summed E-state index contributed by atoms with van der Waals surface area (Å²) in [6.45, 7) is 8.23. The molecule has 2 heteroatoms. The van der Waals surface area contributed by atoms with E-state index in [1.54, 1.807) is 0 Å². The fourth-order valence-electron chi connectivity index (χ4n) is 2.11. The number of rotatable bonds is 1. The topological polar surface area (TPSA) is 17.8 Å². The molecule has 2 rings (SSSR count). The van der Waals surface area contributed by atoms with Gasteiger partial charge in [-0.3, -0.25) is 4.68 Å². The second-order valence-electron chi connectivity index (χ2n) is 4.17. The van der Waals surface area contributed by atoms with Gasteiger partial charge < -0.3 is 0 Å². The van der Waals surface area contributed by atoms with Crippen LogP contribution in [0.15, 0.2) is 6.20 Å². The molecule has 0 saturated heterocycles. The highest BCUT2D eigenvalue weighted by Gasteiger charge is 2.16. The second kappa shape index (κ2) is 5.94. The van der Waals surface area contributed by atoms with E-state index in [4.69, 9.17) is 0 Å². The summed E-state index contributed by atoms with van der Waals surface area (Å²) < 4.78 is 2.18. The Kier molecular flexibility index (Phi) is 4.86. The SMILES string of the molecule is CC.Cc1cn(C2CCCCC2)nc1C. The molecule has 0 spiro atoms. The van der Waals surface area contributed by atoms with Crippen molar-refractivity contribution in [2.75, 3.05) is 0 Å². The minimum atomic E-state index is 0.682. The van der Waals surface area contributed by atoms with E-state index in [1.165, 1.54) is 43.4 Å². The summed E-state index contributed by atoms with van der Waals surface area (Å²) in [5, 5.41) is 4.55. The standard InChI is InChI=1S/C11H18N2.C2H6/c1-9-8-13(12-10(9)2)11-6-4-3-5-7-11;1-2/h8,11H,3-7H2,1-2H3;1-2H3. The van der Waals surface area contributed by atoms with Gasteiger partial charge in [0.25, 0.3) is 0 Å². The van der Waals surface area contributed by atoms with E-state index in [9.17, 15) is 0 Å². The van der Waals surface area contributed by atoms with Crippen LogP contribution in [0.1, 0.15) is 63.3 Å². The maximum absolute atomic E-state index is 4.55. The van der Waals surface area contributed by atoms with E-state index in [0.29, 0.717) is 6.04 Å². The van der Waals surface area contributed by atoms with Gasteiger partial charge in [0.05, 0.1) is 11.7 Å². The monoisotopic (exact) mass is 208 g/mol. The summed E-state index contributed by atoms with van der Waals surface area (Å²) in [4.78, 5) is 0. The van der Waals surface area contributed by atoms with Crippen LogP contribution in [-0.4, -0.2) is 9.78 Å². The second-order valence-corrected chi connectivity index (χ2v) is 4.17. The van der Waals surface area contributed by atoms with E-state index in [1.807, 2.05) is 13.8 Å². The van der Waals surface area contributed by atoms with Crippen molar-refractivity contribution in [2.24, 2.45) is 0 Å². The lowest BCUT2D eigenvalue weighted by Crippen LogP contribution is -2.13. The van der Waals surface area contributed by atoms with Gasteiger partial charge in [-0.05, 0) is 32.3 Å². The van der Waals surface area contributed by atoms with Gasteiger partial charge in [0.15, 0.2) is 0 Å². The van der Waals surface area contributed by atoms with E-state index in [2.05, 4.69) is 29.8 Å². The van der Waals surface area contributed by atoms with Gasteiger partial charge in [-0.25, -0.2) is 0 Å². The summed E-state index contributed by atoms with van der Waals surface area (Å²) in [7, 11) is 0. The van der Waals surface area contributed by atoms with Gasteiger partial charge in [-0.2, -0.15) is 5.10 Å². The number of hydrogen-bond acceptors (Lipinski definition) is 1. The van der Waals surface area contributed by atoms with Crippen molar-refractivity contribution in [1.82, 2.24) is 9.78 Å². The minimum absolute atomic E-state index is 0.682. The number of nitrogens with zero attached hydrogens (tertiary/aromatic N) is 2. The molecular formula is C13H24N2. The van der Waals surface area contributed by atoms with Crippen molar-refractivity contribution in [2.45, 2.75) is 65.8 Å². The average Bonchev–Trinajstić information content (AvgIpc) is 2.63. The maximum Gasteiger partial charge on any atom is 0.0622 e. The molecule has 0 atom stereocenters. The molecule has 0 aromatic carbocycles. The van der Waals surface area contributed by atoms with Gasteiger partial charge in [0.2, 0.25) is 0 Å². The normalized spacial score (nSPS) is 17.1. The highest BCUT2D eigenvalue weighted by molar-refractivity contribution is 5.12. The molecule has 15 heavy (non-hydrogen) atoms. The van der Waals surface area contributed by atoms with Crippen LogP contribution in [0, 0.1) is 13.8 Å². The van der Waals surface area contributed by atoms with E-state index < -0.39 is 0 Å². The minimum Gasteiger partial charge on any atom is -0.269 e. The van der Waals surface area contributed by atoms with Crippen molar-refractivity contribution in [1.29, 1.82) is 0 Å². The molecule has 0 N–H and O–H groups in total. The molecule has 1 heterocycles. The summed E-state index contributed by atoms with van der Waals surface area (Å²) in [5.74, 6) is 0. The molecule has 0 unspecified atom stereocenters. The molecule has 0 bridgehead atoms. The van der Waals surface area contributed by atoms with Crippen molar-refractivity contribution >= 4 is 0 Å². The molecule has 1 aromatic rings. The van der Waals surface area contributed by atoms with Crippen LogP contribution < -0.4 is 0 Å². The third-order valence-corrected chi connectivity index (χ3v) is 3.11. The van der Waals surface area contributed by atoms with Gasteiger partial charge in [-0.15, -0.1) is 0 Å². The quantitative estimate of drug-likeness (QED) is 0.681. The Balaban J connectivity index is 0.000000531. The lowest BCUT2D eigenvalue weighted by atomic mass is 9.96. The van der Waals surface area contributed by atoms with Crippen molar-refractivity contribution in [3.63, 3.8) is 0 Å².